The zero-order valence-electron chi connectivity index (χ0n) is 10.9. The lowest BCUT2D eigenvalue weighted by atomic mass is 9.81. The molecule has 0 radical (unpaired) electrons. The Labute approximate surface area is 138 Å². The van der Waals surface area contributed by atoms with Gasteiger partial charge in [0.1, 0.15) is 5.75 Å². The highest BCUT2D eigenvalue weighted by Gasteiger charge is 2.66. The Balaban J connectivity index is 1.75. The van der Waals surface area contributed by atoms with Crippen molar-refractivity contribution >= 4 is 49.4 Å². The molecule has 1 aromatic carbocycles. The Bertz CT molecular complexity index is 618. The molecule has 21 heavy (non-hydrogen) atoms. The number of phenolic OH excluding ortho intramolecular Hbond substituents is 1. The number of rotatable bonds is 1. The summed E-state index contributed by atoms with van der Waals surface area (Å²) in [7, 11) is 0. The van der Waals surface area contributed by atoms with E-state index in [0.717, 1.165) is 6.42 Å². The summed E-state index contributed by atoms with van der Waals surface area (Å²) in [6.45, 7) is 0. The molecule has 4 nitrogen and oxygen atoms in total. The number of benzene rings is 1. The summed E-state index contributed by atoms with van der Waals surface area (Å²) in [5, 5.41) is 9.59. The highest BCUT2D eigenvalue weighted by molar-refractivity contribution is 9.12. The van der Waals surface area contributed by atoms with Gasteiger partial charge in [0, 0.05) is 15.7 Å². The Morgan fingerprint density at radius 2 is 1.62 bits per heavy atom. The highest BCUT2D eigenvalue weighted by Crippen LogP contribution is 2.60. The van der Waals surface area contributed by atoms with Gasteiger partial charge in [-0.2, -0.15) is 0 Å². The van der Waals surface area contributed by atoms with Crippen LogP contribution < -0.4 is 4.90 Å². The van der Waals surface area contributed by atoms with Crippen molar-refractivity contribution < 1.29 is 14.7 Å². The standard InChI is InChI=1S/C15H13Br2NO3/c16-12-8-5-9(13(12)17)11-10(8)14(20)18(15(11)21)6-2-1-3-7(19)4-6/h1-4,8-13,19H,5H2/t8-,9-,10-,11+,12-,13-/m1/s1. The van der Waals surface area contributed by atoms with Gasteiger partial charge in [0.05, 0.1) is 17.5 Å². The largest absolute Gasteiger partial charge is 0.508 e. The second-order valence-corrected chi connectivity index (χ2v) is 8.15. The van der Waals surface area contributed by atoms with Gasteiger partial charge in [-0.3, -0.25) is 9.59 Å². The number of carbonyl (C=O) groups excluding carboxylic acids is 2. The number of imide groups is 1. The molecule has 1 heterocycles. The van der Waals surface area contributed by atoms with Crippen LogP contribution in [0.15, 0.2) is 24.3 Å². The number of fused-ring (bicyclic) bond motifs is 5. The van der Waals surface area contributed by atoms with Crippen molar-refractivity contribution in [1.29, 1.82) is 0 Å². The maximum absolute atomic E-state index is 12.7. The Morgan fingerprint density at radius 1 is 1.05 bits per heavy atom. The van der Waals surface area contributed by atoms with E-state index < -0.39 is 0 Å². The van der Waals surface area contributed by atoms with E-state index in [1.165, 1.54) is 17.0 Å². The van der Waals surface area contributed by atoms with Crippen LogP contribution in [0.3, 0.4) is 0 Å². The second-order valence-electron chi connectivity index (χ2n) is 6.04. The molecule has 0 aromatic heterocycles. The third-order valence-corrected chi connectivity index (χ3v) is 8.28. The lowest BCUT2D eigenvalue weighted by Gasteiger charge is -2.28. The van der Waals surface area contributed by atoms with E-state index in [-0.39, 0.29) is 50.9 Å². The normalized spacial score (nSPS) is 41.0. The molecule has 1 saturated heterocycles. The Hall–Kier alpha value is -0.880. The van der Waals surface area contributed by atoms with Crippen LogP contribution >= 0.6 is 31.9 Å². The Kier molecular flexibility index (Phi) is 2.99. The van der Waals surface area contributed by atoms with Crippen molar-refractivity contribution in [3.05, 3.63) is 24.3 Å². The lowest BCUT2D eigenvalue weighted by molar-refractivity contribution is -0.123. The number of halogens is 2. The average Bonchev–Trinajstić information content (AvgIpc) is 3.04. The summed E-state index contributed by atoms with van der Waals surface area (Å²) in [6.07, 6.45) is 0.923. The first-order chi connectivity index (χ1) is 10.0. The molecule has 2 amide bonds. The van der Waals surface area contributed by atoms with Gasteiger partial charge in [0.15, 0.2) is 0 Å². The molecule has 6 heteroatoms. The number of nitrogens with zero attached hydrogens (tertiary/aromatic N) is 1. The van der Waals surface area contributed by atoms with Gasteiger partial charge in [-0.05, 0) is 30.4 Å². The van der Waals surface area contributed by atoms with Gasteiger partial charge < -0.3 is 5.11 Å². The molecular formula is C15H13Br2NO3. The van der Waals surface area contributed by atoms with Gasteiger partial charge >= 0.3 is 0 Å². The van der Waals surface area contributed by atoms with Crippen LogP contribution in [0.25, 0.3) is 0 Å². The van der Waals surface area contributed by atoms with Gasteiger partial charge in [-0.1, -0.05) is 37.9 Å². The summed E-state index contributed by atoms with van der Waals surface area (Å²) < 4.78 is 0. The molecule has 0 unspecified atom stereocenters. The molecule has 4 rings (SSSR count). The molecule has 1 aromatic rings. The van der Waals surface area contributed by atoms with E-state index in [0.29, 0.717) is 5.69 Å². The van der Waals surface area contributed by atoms with E-state index in [1.54, 1.807) is 12.1 Å². The van der Waals surface area contributed by atoms with Gasteiger partial charge in [-0.15, -0.1) is 0 Å². The second kappa shape index (κ2) is 4.56. The summed E-state index contributed by atoms with van der Waals surface area (Å²) >= 11 is 7.33. The third kappa shape index (κ3) is 1.72. The molecule has 1 N–H and O–H groups in total. The summed E-state index contributed by atoms with van der Waals surface area (Å²) in [6, 6.07) is 6.34. The molecule has 2 bridgehead atoms. The van der Waals surface area contributed by atoms with Gasteiger partial charge in [0.2, 0.25) is 11.8 Å². The molecule has 1 aliphatic heterocycles. The van der Waals surface area contributed by atoms with E-state index in [1.807, 2.05) is 0 Å². The van der Waals surface area contributed by atoms with Crippen LogP contribution in [0.5, 0.6) is 5.75 Å². The minimum Gasteiger partial charge on any atom is -0.508 e. The predicted octanol–water partition coefficient (Wildman–Crippen LogP) is 2.67. The minimum absolute atomic E-state index is 0.0601. The smallest absolute Gasteiger partial charge is 0.238 e. The van der Waals surface area contributed by atoms with E-state index in [4.69, 9.17) is 0 Å². The molecule has 0 spiro atoms. The zero-order valence-corrected chi connectivity index (χ0v) is 14.1. The molecule has 3 aliphatic rings. The fraction of sp³-hybridized carbons (Fsp3) is 0.467. The molecule has 2 saturated carbocycles. The topological polar surface area (TPSA) is 57.6 Å². The number of hydrogen-bond donors (Lipinski definition) is 1. The highest BCUT2D eigenvalue weighted by atomic mass is 79.9. The van der Waals surface area contributed by atoms with Crippen LogP contribution in [0.1, 0.15) is 6.42 Å². The summed E-state index contributed by atoms with van der Waals surface area (Å²) in [4.78, 5) is 27.2. The monoisotopic (exact) mass is 413 g/mol. The number of aromatic hydroxyl groups is 1. The first kappa shape index (κ1) is 13.8. The van der Waals surface area contributed by atoms with Crippen LogP contribution in [0, 0.1) is 23.7 Å². The van der Waals surface area contributed by atoms with Crippen LogP contribution in [-0.2, 0) is 9.59 Å². The summed E-state index contributed by atoms with van der Waals surface area (Å²) in [5.41, 5.74) is 0.469. The fourth-order valence-corrected chi connectivity index (χ4v) is 6.11. The number of alkyl halides is 2. The summed E-state index contributed by atoms with van der Waals surface area (Å²) in [5.74, 6) is -0.193. The fourth-order valence-electron chi connectivity index (χ4n) is 4.24. The lowest BCUT2D eigenvalue weighted by Crippen LogP contribution is -2.37. The van der Waals surface area contributed by atoms with Crippen molar-refractivity contribution in [1.82, 2.24) is 0 Å². The van der Waals surface area contributed by atoms with Gasteiger partial charge in [-0.25, -0.2) is 4.90 Å². The van der Waals surface area contributed by atoms with E-state index in [2.05, 4.69) is 31.9 Å². The van der Waals surface area contributed by atoms with Crippen LogP contribution in [0.2, 0.25) is 0 Å². The minimum atomic E-state index is -0.219. The number of anilines is 1. The van der Waals surface area contributed by atoms with Crippen molar-refractivity contribution in [3.63, 3.8) is 0 Å². The predicted molar refractivity (Wildman–Crippen MR) is 84.6 cm³/mol. The first-order valence-electron chi connectivity index (χ1n) is 6.95. The van der Waals surface area contributed by atoms with E-state index in [9.17, 15) is 14.7 Å². The SMILES string of the molecule is O=C1[C@@H]2[C@H]3C[C@@H]([C@@H](Br)[C@@H]3Br)[C@@H]2C(=O)N1c1cccc(O)c1. The van der Waals surface area contributed by atoms with Crippen LogP contribution in [-0.4, -0.2) is 26.6 Å². The number of phenols is 1. The maximum atomic E-state index is 12.7. The zero-order chi connectivity index (χ0) is 14.9. The number of carbonyl (C=O) groups is 2. The van der Waals surface area contributed by atoms with Crippen molar-refractivity contribution in [2.45, 2.75) is 16.1 Å². The number of hydrogen-bond acceptors (Lipinski definition) is 3. The first-order valence-corrected chi connectivity index (χ1v) is 8.79. The van der Waals surface area contributed by atoms with Gasteiger partial charge in [0.25, 0.3) is 0 Å². The molecular weight excluding hydrogens is 402 g/mol. The van der Waals surface area contributed by atoms with Crippen molar-refractivity contribution in [2.75, 3.05) is 4.90 Å². The average molecular weight is 415 g/mol. The van der Waals surface area contributed by atoms with Crippen molar-refractivity contribution in [2.24, 2.45) is 23.7 Å². The maximum Gasteiger partial charge on any atom is 0.238 e. The third-order valence-electron chi connectivity index (χ3n) is 5.08. The quantitative estimate of drug-likeness (QED) is 0.567. The van der Waals surface area contributed by atoms with E-state index >= 15 is 0 Å². The number of amides is 2. The van der Waals surface area contributed by atoms with Crippen LogP contribution in [0.4, 0.5) is 5.69 Å². The molecule has 6 atom stereocenters. The van der Waals surface area contributed by atoms with Crippen molar-refractivity contribution in [3.8, 4) is 5.75 Å². The molecule has 2 aliphatic carbocycles. The Morgan fingerprint density at radius 3 is 2.14 bits per heavy atom. The molecule has 3 fully saturated rings. The molecule has 110 valence electrons.